The summed E-state index contributed by atoms with van der Waals surface area (Å²) in [6.45, 7) is 6.02. The minimum atomic E-state index is -0.166. The van der Waals surface area contributed by atoms with Crippen molar-refractivity contribution in [2.75, 3.05) is 7.11 Å². The van der Waals surface area contributed by atoms with E-state index in [0.29, 0.717) is 0 Å². The molecule has 0 amide bonds. The molecule has 0 saturated carbocycles. The molecule has 1 aliphatic rings. The van der Waals surface area contributed by atoms with Crippen LogP contribution in [0, 0.1) is 11.2 Å². The average Bonchev–Trinajstić information content (AvgIpc) is 2.53. The van der Waals surface area contributed by atoms with Crippen LogP contribution in [0.4, 0.5) is 4.39 Å². The van der Waals surface area contributed by atoms with Gasteiger partial charge < -0.3 is 4.74 Å². The van der Waals surface area contributed by atoms with Gasteiger partial charge in [0.15, 0.2) is 0 Å². The van der Waals surface area contributed by atoms with Gasteiger partial charge in [-0.05, 0) is 36.1 Å². The van der Waals surface area contributed by atoms with Crippen LogP contribution in [-0.4, -0.2) is 7.11 Å². The van der Waals surface area contributed by atoms with Gasteiger partial charge in [-0.25, -0.2) is 4.39 Å². The summed E-state index contributed by atoms with van der Waals surface area (Å²) in [4.78, 5) is 0. The average molecular weight is 206 g/mol. The lowest BCUT2D eigenvalue weighted by molar-refractivity contribution is 0.189. The minimum Gasteiger partial charge on any atom is -0.501 e. The predicted molar refractivity (Wildman–Crippen MR) is 58.1 cm³/mol. The van der Waals surface area contributed by atoms with Crippen molar-refractivity contribution in [2.24, 2.45) is 5.41 Å². The van der Waals surface area contributed by atoms with Crippen LogP contribution < -0.4 is 0 Å². The van der Waals surface area contributed by atoms with Gasteiger partial charge in [0.25, 0.3) is 0 Å². The van der Waals surface area contributed by atoms with Gasteiger partial charge in [-0.1, -0.05) is 19.6 Å². The fourth-order valence-corrected chi connectivity index (χ4v) is 2.28. The van der Waals surface area contributed by atoms with E-state index < -0.39 is 0 Å². The molecule has 0 fully saturated rings. The van der Waals surface area contributed by atoms with Gasteiger partial charge in [-0.2, -0.15) is 0 Å². The van der Waals surface area contributed by atoms with E-state index in [-0.39, 0.29) is 11.2 Å². The zero-order chi connectivity index (χ0) is 11.1. The first-order valence-electron chi connectivity index (χ1n) is 5.06. The minimum absolute atomic E-state index is 0.0785. The van der Waals surface area contributed by atoms with Crippen LogP contribution in [0.25, 0.3) is 0 Å². The Morgan fingerprint density at radius 1 is 1.40 bits per heavy atom. The molecule has 0 spiro atoms. The molecule has 0 aromatic heterocycles. The highest BCUT2D eigenvalue weighted by molar-refractivity contribution is 5.37. The molecule has 0 bridgehead atoms. The summed E-state index contributed by atoms with van der Waals surface area (Å²) in [6, 6.07) is 4.99. The maximum absolute atomic E-state index is 13.0. The van der Waals surface area contributed by atoms with E-state index >= 15 is 0 Å². The first-order valence-corrected chi connectivity index (χ1v) is 5.06. The number of hydrogen-bond acceptors (Lipinski definition) is 1. The van der Waals surface area contributed by atoms with Crippen molar-refractivity contribution in [2.45, 2.75) is 19.8 Å². The Morgan fingerprint density at radius 2 is 2.07 bits per heavy atom. The second-order valence-corrected chi connectivity index (χ2v) is 4.45. The maximum Gasteiger partial charge on any atom is 0.123 e. The standard InChI is InChI=1S/C13H15FO/c1-9(15-3)13(2)7-10-4-5-12(14)6-11(10)8-13/h4-6H,1,7-8H2,2-3H3. The Labute approximate surface area is 89.6 Å². The number of fused-ring (bicyclic) bond motifs is 1. The number of ether oxygens (including phenoxy) is 1. The molecule has 15 heavy (non-hydrogen) atoms. The summed E-state index contributed by atoms with van der Waals surface area (Å²) in [6.07, 6.45) is 1.70. The van der Waals surface area contributed by atoms with Gasteiger partial charge in [0, 0.05) is 5.41 Å². The molecule has 0 aliphatic heterocycles. The first kappa shape index (κ1) is 10.2. The van der Waals surface area contributed by atoms with E-state index in [1.54, 1.807) is 13.2 Å². The highest BCUT2D eigenvalue weighted by Crippen LogP contribution is 2.41. The van der Waals surface area contributed by atoms with E-state index in [4.69, 9.17) is 4.74 Å². The van der Waals surface area contributed by atoms with Gasteiger partial charge in [0.05, 0.1) is 12.9 Å². The molecule has 0 N–H and O–H groups in total. The molecule has 1 unspecified atom stereocenters. The molecule has 0 radical (unpaired) electrons. The summed E-state index contributed by atoms with van der Waals surface area (Å²) in [5.41, 5.74) is 2.21. The molecular weight excluding hydrogens is 191 g/mol. The smallest absolute Gasteiger partial charge is 0.123 e. The molecule has 1 aromatic rings. The lowest BCUT2D eigenvalue weighted by Gasteiger charge is -2.24. The van der Waals surface area contributed by atoms with Crippen LogP contribution in [0.1, 0.15) is 18.1 Å². The van der Waals surface area contributed by atoms with Gasteiger partial charge in [-0.15, -0.1) is 0 Å². The van der Waals surface area contributed by atoms with E-state index in [9.17, 15) is 4.39 Å². The zero-order valence-electron chi connectivity index (χ0n) is 9.14. The Morgan fingerprint density at radius 3 is 2.73 bits per heavy atom. The third-order valence-electron chi connectivity index (χ3n) is 3.25. The van der Waals surface area contributed by atoms with E-state index in [2.05, 4.69) is 13.5 Å². The molecule has 2 rings (SSSR count). The fraction of sp³-hybridized carbons (Fsp3) is 0.385. The van der Waals surface area contributed by atoms with Crippen LogP contribution in [0.2, 0.25) is 0 Å². The molecule has 0 heterocycles. The lowest BCUT2D eigenvalue weighted by Crippen LogP contribution is -2.20. The topological polar surface area (TPSA) is 9.23 Å². The summed E-state index contributed by atoms with van der Waals surface area (Å²) in [5.74, 6) is 0.611. The van der Waals surface area contributed by atoms with Crippen LogP contribution in [0.5, 0.6) is 0 Å². The number of allylic oxidation sites excluding steroid dienone is 1. The number of hydrogen-bond donors (Lipinski definition) is 0. The highest BCUT2D eigenvalue weighted by Gasteiger charge is 2.36. The lowest BCUT2D eigenvalue weighted by atomic mass is 9.85. The van der Waals surface area contributed by atoms with Crippen molar-refractivity contribution in [3.05, 3.63) is 47.5 Å². The van der Waals surface area contributed by atoms with Crippen molar-refractivity contribution in [3.8, 4) is 0 Å². The second kappa shape index (κ2) is 3.37. The fourth-order valence-electron chi connectivity index (χ4n) is 2.28. The van der Waals surface area contributed by atoms with Crippen LogP contribution in [0.15, 0.2) is 30.5 Å². The van der Waals surface area contributed by atoms with Crippen molar-refractivity contribution in [3.63, 3.8) is 0 Å². The zero-order valence-corrected chi connectivity index (χ0v) is 9.14. The summed E-state index contributed by atoms with van der Waals surface area (Å²) in [5, 5.41) is 0. The monoisotopic (exact) mass is 206 g/mol. The Bertz CT molecular complexity index is 411. The van der Waals surface area contributed by atoms with Crippen molar-refractivity contribution >= 4 is 0 Å². The number of halogens is 1. The molecule has 2 heteroatoms. The first-order chi connectivity index (χ1) is 7.05. The quantitative estimate of drug-likeness (QED) is 0.676. The number of methoxy groups -OCH3 is 1. The molecule has 1 aromatic carbocycles. The normalized spacial score (nSPS) is 23.7. The molecule has 0 saturated heterocycles. The predicted octanol–water partition coefficient (Wildman–Crippen LogP) is 3.09. The van der Waals surface area contributed by atoms with Gasteiger partial charge in [0.1, 0.15) is 5.82 Å². The molecule has 1 aliphatic carbocycles. The third kappa shape index (κ3) is 1.65. The van der Waals surface area contributed by atoms with Crippen LogP contribution in [0.3, 0.4) is 0 Å². The van der Waals surface area contributed by atoms with E-state index in [0.717, 1.165) is 24.2 Å². The van der Waals surface area contributed by atoms with Crippen molar-refractivity contribution in [1.82, 2.24) is 0 Å². The second-order valence-electron chi connectivity index (χ2n) is 4.45. The largest absolute Gasteiger partial charge is 0.501 e. The summed E-state index contributed by atoms with van der Waals surface area (Å²) >= 11 is 0. The molecular formula is C13H15FO. The van der Waals surface area contributed by atoms with Gasteiger partial charge in [0.2, 0.25) is 0 Å². The van der Waals surface area contributed by atoms with Crippen LogP contribution in [-0.2, 0) is 17.6 Å². The molecule has 1 atom stereocenters. The van der Waals surface area contributed by atoms with Gasteiger partial charge in [-0.3, -0.25) is 0 Å². The van der Waals surface area contributed by atoms with E-state index in [1.807, 2.05) is 6.07 Å². The number of benzene rings is 1. The highest BCUT2D eigenvalue weighted by atomic mass is 19.1. The molecule has 1 nitrogen and oxygen atoms in total. The van der Waals surface area contributed by atoms with Crippen LogP contribution >= 0.6 is 0 Å². The van der Waals surface area contributed by atoms with Crippen molar-refractivity contribution < 1.29 is 9.13 Å². The SMILES string of the molecule is C=C(OC)C1(C)Cc2ccc(F)cc2C1. The summed E-state index contributed by atoms with van der Waals surface area (Å²) < 4.78 is 18.3. The van der Waals surface area contributed by atoms with Crippen molar-refractivity contribution in [1.29, 1.82) is 0 Å². The third-order valence-corrected chi connectivity index (χ3v) is 3.25. The molecule has 80 valence electrons. The Kier molecular flexibility index (Phi) is 2.29. The van der Waals surface area contributed by atoms with Gasteiger partial charge >= 0.3 is 0 Å². The Balaban J connectivity index is 2.32. The Hall–Kier alpha value is -1.31. The number of rotatable bonds is 2. The maximum atomic E-state index is 13.0. The van der Waals surface area contributed by atoms with E-state index in [1.165, 1.54) is 11.6 Å². The summed E-state index contributed by atoms with van der Waals surface area (Å²) in [7, 11) is 1.64.